The number of primary amides is 1. The molecule has 6 nitrogen and oxygen atoms in total. The van der Waals surface area contributed by atoms with E-state index in [2.05, 4.69) is 31.3 Å². The van der Waals surface area contributed by atoms with Crippen LogP contribution in [0.5, 0.6) is 5.75 Å². The zero-order valence-corrected chi connectivity index (χ0v) is 11.5. The van der Waals surface area contributed by atoms with E-state index in [0.29, 0.717) is 20.8 Å². The molecule has 18 heavy (non-hydrogen) atoms. The van der Waals surface area contributed by atoms with Crippen LogP contribution in [-0.2, 0) is 0 Å². The highest BCUT2D eigenvalue weighted by Crippen LogP contribution is 2.40. The summed E-state index contributed by atoms with van der Waals surface area (Å²) in [5.74, 6) is -0.226. The van der Waals surface area contributed by atoms with Crippen LogP contribution in [0, 0.1) is 0 Å². The van der Waals surface area contributed by atoms with Crippen molar-refractivity contribution in [1.82, 2.24) is 15.4 Å². The van der Waals surface area contributed by atoms with Gasteiger partial charge in [0, 0.05) is 4.47 Å². The Bertz CT molecular complexity index is 614. The molecule has 0 bridgehead atoms. The Hall–Kier alpha value is -1.60. The van der Waals surface area contributed by atoms with Crippen LogP contribution in [0.1, 0.15) is 10.5 Å². The molecular formula is C10H8BrClN4O2. The molecule has 0 aliphatic heterocycles. The number of rotatable bonds is 3. The molecule has 1 aromatic heterocycles. The average molecular weight is 332 g/mol. The summed E-state index contributed by atoms with van der Waals surface area (Å²) in [6.07, 6.45) is 0. The van der Waals surface area contributed by atoms with Crippen molar-refractivity contribution in [1.29, 1.82) is 0 Å². The molecule has 0 radical (unpaired) electrons. The van der Waals surface area contributed by atoms with E-state index in [9.17, 15) is 4.79 Å². The average Bonchev–Trinajstić information content (AvgIpc) is 2.81. The molecule has 1 amide bonds. The molecule has 0 atom stereocenters. The summed E-state index contributed by atoms with van der Waals surface area (Å²) in [7, 11) is 1.49. The highest BCUT2D eigenvalue weighted by molar-refractivity contribution is 9.10. The van der Waals surface area contributed by atoms with Crippen LogP contribution in [0.25, 0.3) is 11.3 Å². The first-order chi connectivity index (χ1) is 8.56. The summed E-state index contributed by atoms with van der Waals surface area (Å²) < 4.78 is 5.85. The molecule has 1 aromatic carbocycles. The van der Waals surface area contributed by atoms with Crippen molar-refractivity contribution in [2.24, 2.45) is 5.73 Å². The van der Waals surface area contributed by atoms with Gasteiger partial charge in [-0.3, -0.25) is 4.79 Å². The van der Waals surface area contributed by atoms with Crippen LogP contribution in [0.15, 0.2) is 16.6 Å². The number of amides is 1. The molecule has 0 aliphatic rings. The number of nitrogens with two attached hydrogens (primary N) is 1. The van der Waals surface area contributed by atoms with Gasteiger partial charge in [0.15, 0.2) is 5.69 Å². The van der Waals surface area contributed by atoms with Crippen molar-refractivity contribution in [3.63, 3.8) is 0 Å². The van der Waals surface area contributed by atoms with Gasteiger partial charge in [-0.1, -0.05) is 11.6 Å². The fraction of sp³-hybridized carbons (Fsp3) is 0.100. The zero-order chi connectivity index (χ0) is 13.3. The molecule has 94 valence electrons. The molecule has 0 saturated carbocycles. The summed E-state index contributed by atoms with van der Waals surface area (Å²) >= 11 is 9.48. The van der Waals surface area contributed by atoms with E-state index in [1.807, 2.05) is 0 Å². The lowest BCUT2D eigenvalue weighted by Crippen LogP contribution is -2.13. The normalized spacial score (nSPS) is 10.4. The lowest BCUT2D eigenvalue weighted by Gasteiger charge is -2.09. The second-order valence-corrected chi connectivity index (χ2v) is 4.56. The molecule has 2 rings (SSSR count). The predicted octanol–water partition coefficient (Wildman–Crippen LogP) is 2.00. The topological polar surface area (TPSA) is 93.9 Å². The lowest BCUT2D eigenvalue weighted by atomic mass is 10.1. The molecule has 0 unspecified atom stereocenters. The Morgan fingerprint density at radius 3 is 2.83 bits per heavy atom. The van der Waals surface area contributed by atoms with Gasteiger partial charge in [0.25, 0.3) is 5.91 Å². The van der Waals surface area contributed by atoms with E-state index in [4.69, 9.17) is 22.1 Å². The summed E-state index contributed by atoms with van der Waals surface area (Å²) in [6, 6.07) is 3.43. The number of nitrogens with one attached hydrogen (secondary N) is 1. The number of ether oxygens (including phenoxy) is 1. The molecule has 2 aromatic rings. The van der Waals surface area contributed by atoms with Gasteiger partial charge in [0.2, 0.25) is 0 Å². The van der Waals surface area contributed by atoms with E-state index in [1.165, 1.54) is 7.11 Å². The van der Waals surface area contributed by atoms with Crippen molar-refractivity contribution in [2.45, 2.75) is 0 Å². The van der Waals surface area contributed by atoms with Crippen LogP contribution in [0.4, 0.5) is 0 Å². The SMILES string of the molecule is COc1ccc(Br)c(Cl)c1-c1n[nH]nc1C(N)=O. The van der Waals surface area contributed by atoms with Gasteiger partial charge in [0.05, 0.1) is 17.7 Å². The third kappa shape index (κ3) is 2.06. The van der Waals surface area contributed by atoms with E-state index in [0.717, 1.165) is 0 Å². The number of aromatic nitrogens is 3. The maximum Gasteiger partial charge on any atom is 0.271 e. The standard InChI is InChI=1S/C10H8BrClN4O2/c1-18-5-3-2-4(11)7(12)6(5)8-9(10(13)17)15-16-14-8/h2-3H,1H3,(H2,13,17)(H,14,15,16). The molecule has 0 aliphatic carbocycles. The van der Waals surface area contributed by atoms with Crippen LogP contribution in [-0.4, -0.2) is 28.4 Å². The van der Waals surface area contributed by atoms with Gasteiger partial charge in [-0.15, -0.1) is 0 Å². The minimum absolute atomic E-state index is 0.00769. The third-order valence-corrected chi connectivity index (χ3v) is 3.58. The van der Waals surface area contributed by atoms with Gasteiger partial charge in [0.1, 0.15) is 11.4 Å². The molecule has 8 heteroatoms. The Morgan fingerprint density at radius 1 is 1.50 bits per heavy atom. The summed E-state index contributed by atoms with van der Waals surface area (Å²) in [4.78, 5) is 11.3. The van der Waals surface area contributed by atoms with E-state index < -0.39 is 5.91 Å². The number of carbonyl (C=O) groups excluding carboxylic acids is 1. The van der Waals surface area contributed by atoms with Crippen LogP contribution in [0.3, 0.4) is 0 Å². The van der Waals surface area contributed by atoms with Crippen LogP contribution >= 0.6 is 27.5 Å². The molecular weight excluding hydrogens is 323 g/mol. The molecule has 3 N–H and O–H groups in total. The van der Waals surface area contributed by atoms with Crippen molar-refractivity contribution in [2.75, 3.05) is 7.11 Å². The fourth-order valence-electron chi connectivity index (χ4n) is 1.50. The number of aromatic amines is 1. The number of hydrogen-bond acceptors (Lipinski definition) is 4. The third-order valence-electron chi connectivity index (χ3n) is 2.29. The monoisotopic (exact) mass is 330 g/mol. The number of nitrogens with zero attached hydrogens (tertiary/aromatic N) is 2. The maximum atomic E-state index is 11.3. The van der Waals surface area contributed by atoms with Gasteiger partial charge in [-0.05, 0) is 28.1 Å². The predicted molar refractivity (Wildman–Crippen MR) is 69.6 cm³/mol. The number of halogens is 2. The Kier molecular flexibility index (Phi) is 3.53. The smallest absolute Gasteiger partial charge is 0.271 e. The van der Waals surface area contributed by atoms with Crippen LogP contribution in [0.2, 0.25) is 5.02 Å². The minimum Gasteiger partial charge on any atom is -0.496 e. The number of hydrogen-bond donors (Lipinski definition) is 2. The summed E-state index contributed by atoms with van der Waals surface area (Å²) in [5, 5.41) is 10.3. The second-order valence-electron chi connectivity index (χ2n) is 3.32. The van der Waals surface area contributed by atoms with E-state index >= 15 is 0 Å². The van der Waals surface area contributed by atoms with Gasteiger partial charge < -0.3 is 10.5 Å². The molecule has 0 saturated heterocycles. The van der Waals surface area contributed by atoms with Gasteiger partial charge in [-0.2, -0.15) is 15.4 Å². The first-order valence-corrected chi connectivity index (χ1v) is 5.96. The number of methoxy groups -OCH3 is 1. The number of carbonyl (C=O) groups is 1. The van der Waals surface area contributed by atoms with E-state index in [-0.39, 0.29) is 11.4 Å². The second kappa shape index (κ2) is 4.95. The number of benzene rings is 1. The minimum atomic E-state index is -0.697. The van der Waals surface area contributed by atoms with Crippen molar-refractivity contribution < 1.29 is 9.53 Å². The van der Waals surface area contributed by atoms with Gasteiger partial charge in [-0.25, -0.2) is 0 Å². The van der Waals surface area contributed by atoms with Crippen molar-refractivity contribution in [3.8, 4) is 17.0 Å². The first kappa shape index (κ1) is 12.8. The van der Waals surface area contributed by atoms with Gasteiger partial charge >= 0.3 is 0 Å². The largest absolute Gasteiger partial charge is 0.496 e. The maximum absolute atomic E-state index is 11.3. The number of H-pyrrole nitrogens is 1. The lowest BCUT2D eigenvalue weighted by molar-refractivity contribution is 0.0996. The molecule has 0 spiro atoms. The molecule has 0 fully saturated rings. The highest BCUT2D eigenvalue weighted by atomic mass is 79.9. The Morgan fingerprint density at radius 2 is 2.22 bits per heavy atom. The summed E-state index contributed by atoms with van der Waals surface area (Å²) in [6.45, 7) is 0. The summed E-state index contributed by atoms with van der Waals surface area (Å²) in [5.41, 5.74) is 5.94. The van der Waals surface area contributed by atoms with Crippen LogP contribution < -0.4 is 10.5 Å². The molecule has 1 heterocycles. The van der Waals surface area contributed by atoms with E-state index in [1.54, 1.807) is 12.1 Å². The zero-order valence-electron chi connectivity index (χ0n) is 9.20. The quantitative estimate of drug-likeness (QED) is 0.899. The van der Waals surface area contributed by atoms with Crippen molar-refractivity contribution >= 4 is 33.4 Å². The first-order valence-electron chi connectivity index (χ1n) is 4.79. The Labute approximate surface area is 116 Å². The Balaban J connectivity index is 2.73. The fourth-order valence-corrected chi connectivity index (χ4v) is 2.08. The highest BCUT2D eigenvalue weighted by Gasteiger charge is 2.22. The van der Waals surface area contributed by atoms with Crippen molar-refractivity contribution in [3.05, 3.63) is 27.3 Å².